The summed E-state index contributed by atoms with van der Waals surface area (Å²) < 4.78 is 45.6. The Kier molecular flexibility index (Phi) is 8.24. The first-order valence-electron chi connectivity index (χ1n) is 11.3. The SMILES string of the molecule is C=CCCc1c(OC(F)F)cc2cc(C3CCC(CCCCC)CC3)ccc2c1F. The molecule has 0 heterocycles. The van der Waals surface area contributed by atoms with E-state index in [9.17, 15) is 8.78 Å². The molecule has 0 amide bonds. The normalized spacial score (nSPS) is 19.4. The number of alkyl halides is 2. The van der Waals surface area contributed by atoms with Crippen molar-refractivity contribution in [3.8, 4) is 5.75 Å². The molecule has 0 bridgehead atoms. The molecule has 0 saturated heterocycles. The molecule has 1 nitrogen and oxygen atoms in total. The standard InChI is InChI=1S/C26H33F3O/c1-3-5-7-8-18-10-12-19(13-11-18)20-14-15-22-21(16-20)17-24(30-26(28)29)23(25(22)27)9-6-4-2/h4,14-19,26H,2-3,5-13H2,1H3. The summed E-state index contributed by atoms with van der Waals surface area (Å²) in [4.78, 5) is 0. The fraction of sp³-hybridized carbons (Fsp3) is 0.538. The molecular formula is C26H33F3O. The van der Waals surface area contributed by atoms with E-state index in [1.165, 1.54) is 44.1 Å². The molecule has 1 saturated carbocycles. The smallest absolute Gasteiger partial charge is 0.387 e. The minimum absolute atomic E-state index is 0.0615. The molecule has 0 atom stereocenters. The van der Waals surface area contributed by atoms with Gasteiger partial charge in [0.15, 0.2) is 0 Å². The van der Waals surface area contributed by atoms with Crippen LogP contribution in [0.2, 0.25) is 0 Å². The van der Waals surface area contributed by atoms with Crippen LogP contribution in [-0.4, -0.2) is 6.61 Å². The van der Waals surface area contributed by atoms with E-state index in [1.807, 2.05) is 12.1 Å². The molecular weight excluding hydrogens is 385 g/mol. The van der Waals surface area contributed by atoms with Gasteiger partial charge in [-0.3, -0.25) is 0 Å². The molecule has 30 heavy (non-hydrogen) atoms. The third kappa shape index (κ3) is 5.59. The number of allylic oxidation sites excluding steroid dienone is 1. The summed E-state index contributed by atoms with van der Waals surface area (Å²) in [5.41, 5.74) is 1.37. The second-order valence-corrected chi connectivity index (χ2v) is 8.57. The van der Waals surface area contributed by atoms with Gasteiger partial charge in [-0.1, -0.05) is 56.9 Å². The highest BCUT2D eigenvalue weighted by molar-refractivity contribution is 5.86. The van der Waals surface area contributed by atoms with Gasteiger partial charge in [0.05, 0.1) is 0 Å². The predicted molar refractivity (Wildman–Crippen MR) is 118 cm³/mol. The Morgan fingerprint density at radius 1 is 1.13 bits per heavy atom. The highest BCUT2D eigenvalue weighted by atomic mass is 19.3. The Bertz CT molecular complexity index is 838. The van der Waals surface area contributed by atoms with E-state index < -0.39 is 12.4 Å². The first-order chi connectivity index (χ1) is 14.5. The van der Waals surface area contributed by atoms with E-state index in [0.29, 0.717) is 23.1 Å². The number of halogens is 3. The van der Waals surface area contributed by atoms with Crippen molar-refractivity contribution in [2.24, 2.45) is 5.92 Å². The fourth-order valence-electron chi connectivity index (χ4n) is 4.80. The number of hydrogen-bond donors (Lipinski definition) is 0. The van der Waals surface area contributed by atoms with Gasteiger partial charge >= 0.3 is 6.61 Å². The van der Waals surface area contributed by atoms with Crippen LogP contribution < -0.4 is 4.74 Å². The van der Waals surface area contributed by atoms with Gasteiger partial charge in [-0.05, 0) is 67.4 Å². The van der Waals surface area contributed by atoms with Gasteiger partial charge in [-0.15, -0.1) is 6.58 Å². The van der Waals surface area contributed by atoms with Crippen molar-refractivity contribution in [2.45, 2.75) is 83.7 Å². The summed E-state index contributed by atoms with van der Waals surface area (Å²) in [5.74, 6) is 0.758. The van der Waals surface area contributed by atoms with Crippen LogP contribution in [0.4, 0.5) is 13.2 Å². The van der Waals surface area contributed by atoms with Crippen LogP contribution in [0, 0.1) is 11.7 Å². The average molecular weight is 419 g/mol. The van der Waals surface area contributed by atoms with Crippen LogP contribution >= 0.6 is 0 Å². The third-order valence-corrected chi connectivity index (χ3v) is 6.51. The van der Waals surface area contributed by atoms with Crippen molar-refractivity contribution in [1.29, 1.82) is 0 Å². The molecule has 1 fully saturated rings. The van der Waals surface area contributed by atoms with Crippen LogP contribution in [0.1, 0.15) is 81.8 Å². The monoisotopic (exact) mass is 418 g/mol. The molecule has 0 unspecified atom stereocenters. The number of benzene rings is 2. The summed E-state index contributed by atoms with van der Waals surface area (Å²) in [6.07, 6.45) is 12.4. The van der Waals surface area contributed by atoms with Gasteiger partial charge in [0.1, 0.15) is 11.6 Å². The second kappa shape index (κ2) is 10.9. The van der Waals surface area contributed by atoms with Crippen LogP contribution in [0.25, 0.3) is 10.8 Å². The summed E-state index contributed by atoms with van der Waals surface area (Å²) >= 11 is 0. The minimum atomic E-state index is -2.98. The van der Waals surface area contributed by atoms with Gasteiger partial charge in [-0.25, -0.2) is 4.39 Å². The van der Waals surface area contributed by atoms with Crippen LogP contribution in [0.3, 0.4) is 0 Å². The van der Waals surface area contributed by atoms with Gasteiger partial charge < -0.3 is 4.74 Å². The fourth-order valence-corrected chi connectivity index (χ4v) is 4.80. The van der Waals surface area contributed by atoms with Crippen molar-refractivity contribution < 1.29 is 17.9 Å². The molecule has 0 aromatic heterocycles. The van der Waals surface area contributed by atoms with Crippen LogP contribution in [0.15, 0.2) is 36.9 Å². The summed E-state index contributed by atoms with van der Waals surface area (Å²) in [5, 5.41) is 1.10. The quantitative estimate of drug-likeness (QED) is 0.277. The zero-order valence-corrected chi connectivity index (χ0v) is 17.9. The Balaban J connectivity index is 1.81. The largest absolute Gasteiger partial charge is 0.434 e. The lowest BCUT2D eigenvalue weighted by molar-refractivity contribution is -0.0505. The zero-order valence-electron chi connectivity index (χ0n) is 17.9. The lowest BCUT2D eigenvalue weighted by Crippen LogP contribution is -2.13. The molecule has 3 rings (SSSR count). The molecule has 0 radical (unpaired) electrons. The maximum absolute atomic E-state index is 15.1. The number of fused-ring (bicyclic) bond motifs is 1. The van der Waals surface area contributed by atoms with Crippen molar-refractivity contribution >= 4 is 10.8 Å². The Labute approximate surface area is 178 Å². The number of ether oxygens (including phenoxy) is 1. The first-order valence-corrected chi connectivity index (χ1v) is 11.3. The molecule has 164 valence electrons. The van der Waals surface area contributed by atoms with E-state index >= 15 is 4.39 Å². The van der Waals surface area contributed by atoms with E-state index in [2.05, 4.69) is 18.2 Å². The van der Waals surface area contributed by atoms with E-state index in [4.69, 9.17) is 0 Å². The summed E-state index contributed by atoms with van der Waals surface area (Å²) in [7, 11) is 0. The Morgan fingerprint density at radius 3 is 2.57 bits per heavy atom. The molecule has 0 N–H and O–H groups in total. The number of rotatable bonds is 10. The third-order valence-electron chi connectivity index (χ3n) is 6.51. The lowest BCUT2D eigenvalue weighted by atomic mass is 9.76. The molecule has 2 aromatic rings. The Morgan fingerprint density at radius 2 is 1.90 bits per heavy atom. The first kappa shape index (κ1) is 22.7. The van der Waals surface area contributed by atoms with Crippen LogP contribution in [-0.2, 0) is 6.42 Å². The summed E-state index contributed by atoms with van der Waals surface area (Å²) in [6, 6.07) is 7.36. The van der Waals surface area contributed by atoms with Gasteiger partial charge in [0.25, 0.3) is 0 Å². The highest BCUT2D eigenvalue weighted by Gasteiger charge is 2.23. The molecule has 0 spiro atoms. The van der Waals surface area contributed by atoms with E-state index in [-0.39, 0.29) is 17.7 Å². The maximum atomic E-state index is 15.1. The van der Waals surface area contributed by atoms with E-state index in [1.54, 1.807) is 18.2 Å². The Hall–Kier alpha value is -1.97. The molecule has 4 heteroatoms. The van der Waals surface area contributed by atoms with Gasteiger partial charge in [0.2, 0.25) is 0 Å². The topological polar surface area (TPSA) is 9.23 Å². The molecule has 0 aliphatic heterocycles. The average Bonchev–Trinajstić information content (AvgIpc) is 2.73. The van der Waals surface area contributed by atoms with E-state index in [0.717, 1.165) is 18.8 Å². The van der Waals surface area contributed by atoms with Gasteiger partial charge in [-0.2, -0.15) is 8.78 Å². The van der Waals surface area contributed by atoms with Crippen LogP contribution in [0.5, 0.6) is 5.75 Å². The van der Waals surface area contributed by atoms with Crippen molar-refractivity contribution in [2.75, 3.05) is 0 Å². The number of hydrogen-bond acceptors (Lipinski definition) is 1. The van der Waals surface area contributed by atoms with Crippen molar-refractivity contribution in [3.63, 3.8) is 0 Å². The highest BCUT2D eigenvalue weighted by Crippen LogP contribution is 2.40. The minimum Gasteiger partial charge on any atom is -0.434 e. The van der Waals surface area contributed by atoms with Gasteiger partial charge in [0, 0.05) is 10.9 Å². The lowest BCUT2D eigenvalue weighted by Gasteiger charge is -2.29. The second-order valence-electron chi connectivity index (χ2n) is 8.57. The van der Waals surface area contributed by atoms with Crippen molar-refractivity contribution in [3.05, 3.63) is 53.9 Å². The predicted octanol–water partition coefficient (Wildman–Crippen LogP) is 8.55. The molecule has 1 aliphatic carbocycles. The van der Waals surface area contributed by atoms with Crippen molar-refractivity contribution in [1.82, 2.24) is 0 Å². The number of unbranched alkanes of at least 4 members (excludes halogenated alkanes) is 2. The molecule has 2 aromatic carbocycles. The zero-order chi connectivity index (χ0) is 21.5. The molecule has 1 aliphatic rings. The maximum Gasteiger partial charge on any atom is 0.387 e. The summed E-state index contributed by atoms with van der Waals surface area (Å²) in [6.45, 7) is 2.90.